The van der Waals surface area contributed by atoms with Crippen molar-refractivity contribution in [3.8, 4) is 0 Å². The van der Waals surface area contributed by atoms with Crippen LogP contribution in [0.4, 0.5) is 0 Å². The summed E-state index contributed by atoms with van der Waals surface area (Å²) in [7, 11) is 0. The first-order valence-electron chi connectivity index (χ1n) is 7.01. The Balaban J connectivity index is 3.73. The molecule has 0 radical (unpaired) electrons. The lowest BCUT2D eigenvalue weighted by Crippen LogP contribution is -2.38. The summed E-state index contributed by atoms with van der Waals surface area (Å²) in [5.74, 6) is 0.671. The second kappa shape index (κ2) is 10.6. The van der Waals surface area contributed by atoms with Crippen molar-refractivity contribution in [3.63, 3.8) is 0 Å². The molecular formula is C14H29NO2. The van der Waals surface area contributed by atoms with Crippen LogP contribution in [0.15, 0.2) is 0 Å². The molecule has 0 aliphatic carbocycles. The number of carbonyl (C=O) groups is 1. The minimum absolute atomic E-state index is 0.0989. The average Bonchev–Trinajstić information content (AvgIpc) is 2.27. The normalized spacial score (nSPS) is 12.8. The fourth-order valence-corrected chi connectivity index (χ4v) is 1.79. The van der Waals surface area contributed by atoms with Gasteiger partial charge in [-0.1, -0.05) is 40.0 Å². The molecule has 0 aliphatic heterocycles. The van der Waals surface area contributed by atoms with Crippen LogP contribution in [0.2, 0.25) is 0 Å². The van der Waals surface area contributed by atoms with Crippen molar-refractivity contribution in [1.82, 2.24) is 5.32 Å². The van der Waals surface area contributed by atoms with Crippen LogP contribution in [-0.2, 0) is 9.53 Å². The van der Waals surface area contributed by atoms with E-state index in [0.29, 0.717) is 6.61 Å². The summed E-state index contributed by atoms with van der Waals surface area (Å²) in [5, 5.41) is 3.30. The molecular weight excluding hydrogens is 214 g/mol. The zero-order chi connectivity index (χ0) is 13.1. The standard InChI is InChI=1S/C14H29NO2/c1-5-9-13(14(16)17-6-2)15-11-8-7-10-12(3)4/h12-13,15H,5-11H2,1-4H3. The lowest BCUT2D eigenvalue weighted by Gasteiger charge is -2.16. The maximum Gasteiger partial charge on any atom is 0.323 e. The van der Waals surface area contributed by atoms with Crippen LogP contribution in [0.5, 0.6) is 0 Å². The molecule has 0 saturated carbocycles. The highest BCUT2D eigenvalue weighted by Gasteiger charge is 2.17. The van der Waals surface area contributed by atoms with Gasteiger partial charge in [-0.2, -0.15) is 0 Å². The van der Waals surface area contributed by atoms with Gasteiger partial charge in [-0.05, 0) is 32.2 Å². The van der Waals surface area contributed by atoms with Crippen molar-refractivity contribution in [1.29, 1.82) is 0 Å². The summed E-state index contributed by atoms with van der Waals surface area (Å²) in [4.78, 5) is 11.6. The van der Waals surface area contributed by atoms with Gasteiger partial charge in [0.2, 0.25) is 0 Å². The van der Waals surface area contributed by atoms with Crippen LogP contribution in [0.1, 0.15) is 59.8 Å². The topological polar surface area (TPSA) is 38.3 Å². The molecule has 0 aromatic heterocycles. The number of nitrogens with one attached hydrogen (secondary N) is 1. The zero-order valence-corrected chi connectivity index (χ0v) is 11.9. The molecule has 102 valence electrons. The van der Waals surface area contributed by atoms with Gasteiger partial charge in [-0.15, -0.1) is 0 Å². The van der Waals surface area contributed by atoms with Crippen molar-refractivity contribution >= 4 is 5.97 Å². The predicted molar refractivity (Wildman–Crippen MR) is 72.0 cm³/mol. The summed E-state index contributed by atoms with van der Waals surface area (Å²) in [6.07, 6.45) is 5.50. The van der Waals surface area contributed by atoms with E-state index in [0.717, 1.165) is 31.7 Å². The first-order chi connectivity index (χ1) is 8.11. The molecule has 0 amide bonds. The quantitative estimate of drug-likeness (QED) is 0.473. The van der Waals surface area contributed by atoms with Gasteiger partial charge in [0, 0.05) is 0 Å². The highest BCUT2D eigenvalue weighted by atomic mass is 16.5. The smallest absolute Gasteiger partial charge is 0.323 e. The first-order valence-corrected chi connectivity index (χ1v) is 7.01. The lowest BCUT2D eigenvalue weighted by molar-refractivity contribution is -0.145. The van der Waals surface area contributed by atoms with Gasteiger partial charge in [0.15, 0.2) is 0 Å². The Labute approximate surface area is 106 Å². The molecule has 1 unspecified atom stereocenters. The van der Waals surface area contributed by atoms with E-state index in [-0.39, 0.29) is 12.0 Å². The summed E-state index contributed by atoms with van der Waals surface area (Å²) >= 11 is 0. The molecule has 17 heavy (non-hydrogen) atoms. The second-order valence-corrected chi connectivity index (χ2v) is 4.94. The maximum absolute atomic E-state index is 11.6. The predicted octanol–water partition coefficient (Wildman–Crippen LogP) is 3.13. The molecule has 3 nitrogen and oxygen atoms in total. The highest BCUT2D eigenvalue weighted by molar-refractivity contribution is 5.75. The monoisotopic (exact) mass is 243 g/mol. The minimum atomic E-state index is -0.112. The van der Waals surface area contributed by atoms with Gasteiger partial charge >= 0.3 is 5.97 Å². The molecule has 0 saturated heterocycles. The van der Waals surface area contributed by atoms with Gasteiger partial charge in [0.05, 0.1) is 6.61 Å². The molecule has 0 aromatic carbocycles. The molecule has 1 atom stereocenters. The maximum atomic E-state index is 11.6. The number of hydrogen-bond donors (Lipinski definition) is 1. The van der Waals surface area contributed by atoms with Crippen molar-refractivity contribution in [2.24, 2.45) is 5.92 Å². The largest absolute Gasteiger partial charge is 0.465 e. The van der Waals surface area contributed by atoms with Crippen LogP contribution in [-0.4, -0.2) is 25.2 Å². The Morgan fingerprint density at radius 1 is 1.18 bits per heavy atom. The van der Waals surface area contributed by atoms with Crippen molar-refractivity contribution in [3.05, 3.63) is 0 Å². The third-order valence-electron chi connectivity index (χ3n) is 2.75. The lowest BCUT2D eigenvalue weighted by atomic mass is 10.1. The molecule has 0 fully saturated rings. The number of esters is 1. The van der Waals surface area contributed by atoms with E-state index in [1.807, 2.05) is 6.92 Å². The highest BCUT2D eigenvalue weighted by Crippen LogP contribution is 2.06. The van der Waals surface area contributed by atoms with Crippen molar-refractivity contribution in [2.45, 2.75) is 65.8 Å². The number of rotatable bonds is 10. The van der Waals surface area contributed by atoms with E-state index in [1.165, 1.54) is 12.8 Å². The Bertz CT molecular complexity index is 193. The molecule has 0 aliphatic rings. The van der Waals surface area contributed by atoms with E-state index in [1.54, 1.807) is 0 Å². The zero-order valence-electron chi connectivity index (χ0n) is 11.9. The van der Waals surface area contributed by atoms with E-state index in [2.05, 4.69) is 26.1 Å². The van der Waals surface area contributed by atoms with Gasteiger partial charge in [0.25, 0.3) is 0 Å². The molecule has 0 aromatic rings. The third kappa shape index (κ3) is 9.16. The number of unbranched alkanes of at least 4 members (excludes halogenated alkanes) is 1. The van der Waals surface area contributed by atoms with Gasteiger partial charge in [-0.25, -0.2) is 0 Å². The molecule has 3 heteroatoms. The van der Waals surface area contributed by atoms with E-state index in [4.69, 9.17) is 4.74 Å². The van der Waals surface area contributed by atoms with Crippen LogP contribution in [0.3, 0.4) is 0 Å². The van der Waals surface area contributed by atoms with E-state index in [9.17, 15) is 4.79 Å². The second-order valence-electron chi connectivity index (χ2n) is 4.94. The Morgan fingerprint density at radius 2 is 1.88 bits per heavy atom. The van der Waals surface area contributed by atoms with Crippen LogP contribution < -0.4 is 5.32 Å². The number of hydrogen-bond acceptors (Lipinski definition) is 3. The van der Waals surface area contributed by atoms with E-state index < -0.39 is 0 Å². The van der Waals surface area contributed by atoms with Crippen LogP contribution >= 0.6 is 0 Å². The van der Waals surface area contributed by atoms with Crippen molar-refractivity contribution < 1.29 is 9.53 Å². The number of ether oxygens (including phenoxy) is 1. The average molecular weight is 243 g/mol. The molecule has 0 heterocycles. The molecule has 0 spiro atoms. The van der Waals surface area contributed by atoms with Crippen LogP contribution in [0.25, 0.3) is 0 Å². The van der Waals surface area contributed by atoms with Crippen molar-refractivity contribution in [2.75, 3.05) is 13.2 Å². The Kier molecular flexibility index (Phi) is 10.2. The van der Waals surface area contributed by atoms with Gasteiger partial charge in [0.1, 0.15) is 6.04 Å². The summed E-state index contributed by atoms with van der Waals surface area (Å²) in [6, 6.07) is -0.112. The first kappa shape index (κ1) is 16.4. The number of carbonyl (C=O) groups excluding carboxylic acids is 1. The van der Waals surface area contributed by atoms with Gasteiger partial charge in [-0.3, -0.25) is 4.79 Å². The van der Waals surface area contributed by atoms with E-state index >= 15 is 0 Å². The SMILES string of the molecule is CCCC(NCCCCC(C)C)C(=O)OCC. The third-order valence-corrected chi connectivity index (χ3v) is 2.75. The fourth-order valence-electron chi connectivity index (χ4n) is 1.79. The molecule has 1 N–H and O–H groups in total. The molecule has 0 rings (SSSR count). The van der Waals surface area contributed by atoms with Crippen LogP contribution in [0, 0.1) is 5.92 Å². The fraction of sp³-hybridized carbons (Fsp3) is 0.929. The summed E-state index contributed by atoms with van der Waals surface area (Å²) in [6.45, 7) is 9.80. The summed E-state index contributed by atoms with van der Waals surface area (Å²) in [5.41, 5.74) is 0. The summed E-state index contributed by atoms with van der Waals surface area (Å²) < 4.78 is 5.05. The Morgan fingerprint density at radius 3 is 2.41 bits per heavy atom. The molecule has 0 bridgehead atoms. The Hall–Kier alpha value is -0.570. The minimum Gasteiger partial charge on any atom is -0.465 e. The van der Waals surface area contributed by atoms with Gasteiger partial charge < -0.3 is 10.1 Å².